The Kier molecular flexibility index (Phi) is 3.51. The Morgan fingerprint density at radius 1 is 1.10 bits per heavy atom. The van der Waals surface area contributed by atoms with E-state index in [-0.39, 0.29) is 0 Å². The van der Waals surface area contributed by atoms with Crippen LogP contribution in [0.1, 0.15) is 11.3 Å². The molecule has 4 nitrogen and oxygen atoms in total. The molecule has 0 radical (unpaired) electrons. The smallest absolute Gasteiger partial charge is 0.166 e. The lowest BCUT2D eigenvalue weighted by atomic mass is 10.1. The molecule has 1 aromatic carbocycles. The quantitative estimate of drug-likeness (QED) is 0.659. The molecule has 0 amide bonds. The van der Waals surface area contributed by atoms with Crippen LogP contribution in [0.2, 0.25) is 10.3 Å². The molecule has 0 aliphatic heterocycles. The molecule has 3 aromatic rings. The van der Waals surface area contributed by atoms with Crippen molar-refractivity contribution in [2.45, 2.75) is 13.8 Å². The Morgan fingerprint density at radius 2 is 1.76 bits per heavy atom. The fraction of sp³-hybridized carbons (Fsp3) is 0.200. The molecule has 0 atom stereocenters. The van der Waals surface area contributed by atoms with Gasteiger partial charge in [-0.3, -0.25) is 0 Å². The van der Waals surface area contributed by atoms with Gasteiger partial charge in [-0.15, -0.1) is 0 Å². The van der Waals surface area contributed by atoms with Crippen molar-refractivity contribution < 1.29 is 4.74 Å². The number of halogens is 2. The summed E-state index contributed by atoms with van der Waals surface area (Å²) in [6, 6.07) is 7.73. The number of ether oxygens (including phenoxy) is 1. The molecule has 0 aliphatic carbocycles. The number of hydrogen-bond acceptors (Lipinski definition) is 3. The van der Waals surface area contributed by atoms with Gasteiger partial charge in [0.25, 0.3) is 0 Å². The predicted molar refractivity (Wildman–Crippen MR) is 84.5 cm³/mol. The van der Waals surface area contributed by atoms with Crippen LogP contribution in [-0.4, -0.2) is 21.7 Å². The van der Waals surface area contributed by atoms with Gasteiger partial charge in [0, 0.05) is 11.1 Å². The monoisotopic (exact) mass is 321 g/mol. The normalized spacial score (nSPS) is 11.1. The first kappa shape index (κ1) is 14.2. The molecule has 21 heavy (non-hydrogen) atoms. The minimum atomic E-state index is 0.391. The Hall–Kier alpha value is -1.78. The first-order valence-corrected chi connectivity index (χ1v) is 7.14. The molecule has 0 bridgehead atoms. The van der Waals surface area contributed by atoms with Crippen molar-refractivity contribution in [2.75, 3.05) is 7.11 Å². The van der Waals surface area contributed by atoms with Crippen LogP contribution < -0.4 is 4.74 Å². The highest BCUT2D eigenvalue weighted by molar-refractivity contribution is 6.34. The number of aryl methyl sites for hydroxylation is 1. The van der Waals surface area contributed by atoms with E-state index in [1.807, 2.05) is 38.1 Å². The molecular weight excluding hydrogens is 309 g/mol. The van der Waals surface area contributed by atoms with Gasteiger partial charge in [0.1, 0.15) is 16.1 Å². The van der Waals surface area contributed by atoms with Gasteiger partial charge in [-0.1, -0.05) is 35.3 Å². The van der Waals surface area contributed by atoms with E-state index in [0.717, 1.165) is 28.1 Å². The maximum atomic E-state index is 6.31. The summed E-state index contributed by atoms with van der Waals surface area (Å²) in [5.41, 5.74) is 4.12. The van der Waals surface area contributed by atoms with E-state index in [0.29, 0.717) is 16.0 Å². The van der Waals surface area contributed by atoms with Crippen LogP contribution >= 0.6 is 23.2 Å². The first-order valence-electron chi connectivity index (χ1n) is 6.38. The van der Waals surface area contributed by atoms with Crippen LogP contribution in [0.3, 0.4) is 0 Å². The van der Waals surface area contributed by atoms with Crippen molar-refractivity contribution in [1.29, 1.82) is 0 Å². The number of rotatable bonds is 2. The standard InChI is InChI=1S/C15H13Cl2N3O/c1-8-13(16)18-15-12(9(2)19-20(15)14(8)17)10-4-6-11(21-3)7-5-10/h4-7H,1-3H3. The molecule has 0 N–H and O–H groups in total. The summed E-state index contributed by atoms with van der Waals surface area (Å²) in [4.78, 5) is 4.43. The Morgan fingerprint density at radius 3 is 2.38 bits per heavy atom. The molecule has 0 aliphatic rings. The van der Waals surface area contributed by atoms with Crippen molar-refractivity contribution in [3.05, 3.63) is 45.8 Å². The minimum Gasteiger partial charge on any atom is -0.497 e. The van der Waals surface area contributed by atoms with Gasteiger partial charge >= 0.3 is 0 Å². The zero-order valence-corrected chi connectivity index (χ0v) is 13.3. The second-order valence-corrected chi connectivity index (χ2v) is 5.46. The first-order chi connectivity index (χ1) is 10.0. The number of aromatic nitrogens is 3. The summed E-state index contributed by atoms with van der Waals surface area (Å²) in [7, 11) is 1.64. The minimum absolute atomic E-state index is 0.391. The fourth-order valence-corrected chi connectivity index (χ4v) is 2.70. The summed E-state index contributed by atoms with van der Waals surface area (Å²) in [6.07, 6.45) is 0. The topological polar surface area (TPSA) is 39.4 Å². The third kappa shape index (κ3) is 2.24. The van der Waals surface area contributed by atoms with Gasteiger partial charge in [0.2, 0.25) is 0 Å². The maximum absolute atomic E-state index is 6.31. The fourth-order valence-electron chi connectivity index (χ4n) is 2.27. The van der Waals surface area contributed by atoms with E-state index < -0.39 is 0 Å². The van der Waals surface area contributed by atoms with Crippen molar-refractivity contribution in [3.8, 4) is 16.9 Å². The van der Waals surface area contributed by atoms with E-state index in [2.05, 4.69) is 10.1 Å². The van der Waals surface area contributed by atoms with E-state index in [1.165, 1.54) is 0 Å². The molecule has 0 spiro atoms. The summed E-state index contributed by atoms with van der Waals surface area (Å²) >= 11 is 12.5. The van der Waals surface area contributed by atoms with Crippen LogP contribution in [0, 0.1) is 13.8 Å². The van der Waals surface area contributed by atoms with E-state index in [4.69, 9.17) is 27.9 Å². The van der Waals surface area contributed by atoms with Crippen molar-refractivity contribution in [1.82, 2.24) is 14.6 Å². The highest BCUT2D eigenvalue weighted by atomic mass is 35.5. The van der Waals surface area contributed by atoms with Crippen molar-refractivity contribution in [3.63, 3.8) is 0 Å². The molecule has 0 saturated heterocycles. The van der Waals surface area contributed by atoms with Crippen LogP contribution in [0.5, 0.6) is 5.75 Å². The lowest BCUT2D eigenvalue weighted by Gasteiger charge is -2.05. The zero-order valence-electron chi connectivity index (χ0n) is 11.8. The Bertz CT molecular complexity index is 825. The number of nitrogens with zero attached hydrogens (tertiary/aromatic N) is 3. The van der Waals surface area contributed by atoms with Gasteiger partial charge in [-0.25, -0.2) is 9.50 Å². The van der Waals surface area contributed by atoms with Gasteiger partial charge < -0.3 is 4.74 Å². The van der Waals surface area contributed by atoms with Gasteiger partial charge in [-0.05, 0) is 31.5 Å². The third-order valence-electron chi connectivity index (χ3n) is 3.42. The van der Waals surface area contributed by atoms with Crippen LogP contribution in [-0.2, 0) is 0 Å². The van der Waals surface area contributed by atoms with Gasteiger partial charge in [-0.2, -0.15) is 5.10 Å². The Labute approximate surface area is 132 Å². The van der Waals surface area contributed by atoms with Crippen LogP contribution in [0.4, 0.5) is 0 Å². The SMILES string of the molecule is COc1ccc(-c2c(C)nn3c(Cl)c(C)c(Cl)nc23)cc1. The summed E-state index contributed by atoms with van der Waals surface area (Å²) in [5, 5.41) is 5.34. The molecule has 0 saturated carbocycles. The maximum Gasteiger partial charge on any atom is 0.166 e. The highest BCUT2D eigenvalue weighted by Gasteiger charge is 2.17. The number of methoxy groups -OCH3 is 1. The molecule has 0 fully saturated rings. The van der Waals surface area contributed by atoms with Crippen molar-refractivity contribution in [2.24, 2.45) is 0 Å². The molecule has 6 heteroatoms. The number of fused-ring (bicyclic) bond motifs is 1. The summed E-state index contributed by atoms with van der Waals surface area (Å²) in [5.74, 6) is 0.799. The molecule has 2 aromatic heterocycles. The lowest BCUT2D eigenvalue weighted by molar-refractivity contribution is 0.415. The highest BCUT2D eigenvalue weighted by Crippen LogP contribution is 2.32. The van der Waals surface area contributed by atoms with E-state index in [9.17, 15) is 0 Å². The zero-order chi connectivity index (χ0) is 15.1. The van der Waals surface area contributed by atoms with Crippen LogP contribution in [0.15, 0.2) is 24.3 Å². The average Bonchev–Trinajstić information content (AvgIpc) is 2.81. The van der Waals surface area contributed by atoms with E-state index in [1.54, 1.807) is 11.6 Å². The molecule has 0 unspecified atom stereocenters. The molecule has 3 rings (SSSR count). The van der Waals surface area contributed by atoms with E-state index >= 15 is 0 Å². The second-order valence-electron chi connectivity index (χ2n) is 4.74. The second kappa shape index (κ2) is 5.20. The van der Waals surface area contributed by atoms with Crippen LogP contribution in [0.25, 0.3) is 16.8 Å². The van der Waals surface area contributed by atoms with Gasteiger partial charge in [0.05, 0.1) is 12.8 Å². The lowest BCUT2D eigenvalue weighted by Crippen LogP contribution is -1.96. The summed E-state index contributed by atoms with van der Waals surface area (Å²) < 4.78 is 6.80. The number of benzene rings is 1. The predicted octanol–water partition coefficient (Wildman–Crippen LogP) is 4.33. The average molecular weight is 322 g/mol. The van der Waals surface area contributed by atoms with Gasteiger partial charge in [0.15, 0.2) is 5.65 Å². The van der Waals surface area contributed by atoms with Crippen molar-refractivity contribution >= 4 is 28.8 Å². The number of hydrogen-bond donors (Lipinski definition) is 0. The molecule has 108 valence electrons. The summed E-state index contributed by atoms with van der Waals surface area (Å²) in [6.45, 7) is 3.75. The Balaban J connectivity index is 2.29. The molecular formula is C15H13Cl2N3O. The third-order valence-corrected chi connectivity index (χ3v) is 4.24. The molecule has 2 heterocycles. The largest absolute Gasteiger partial charge is 0.497 e.